The maximum Gasteiger partial charge on any atom is 0.208 e. The van der Waals surface area contributed by atoms with Crippen LogP contribution in [0, 0.1) is 6.92 Å². The molecule has 4 heteroatoms. The van der Waals surface area contributed by atoms with E-state index in [1.165, 1.54) is 11.8 Å². The monoisotopic (exact) mass is 217 g/mol. The van der Waals surface area contributed by atoms with E-state index in [9.17, 15) is 0 Å². The standard InChI is InChI=1S/C12H15N3O/c1-8-2-3-9(6-10(8)13)4-5-11-14-7-12(16)15-11/h2-3,6-7,16H,4-5,13H2,1H3,(H,14,15). The van der Waals surface area contributed by atoms with Crippen LogP contribution in [0.15, 0.2) is 24.4 Å². The maximum absolute atomic E-state index is 9.09. The van der Waals surface area contributed by atoms with E-state index < -0.39 is 0 Å². The van der Waals surface area contributed by atoms with Crippen LogP contribution in [0.1, 0.15) is 17.0 Å². The lowest BCUT2D eigenvalue weighted by Crippen LogP contribution is -1.96. The van der Waals surface area contributed by atoms with E-state index >= 15 is 0 Å². The van der Waals surface area contributed by atoms with Crippen molar-refractivity contribution in [2.45, 2.75) is 19.8 Å². The molecule has 0 aliphatic heterocycles. The Morgan fingerprint density at radius 1 is 1.38 bits per heavy atom. The molecule has 1 heterocycles. The van der Waals surface area contributed by atoms with Gasteiger partial charge in [-0.25, -0.2) is 4.98 Å². The van der Waals surface area contributed by atoms with E-state index in [1.807, 2.05) is 19.1 Å². The minimum Gasteiger partial charge on any atom is -0.493 e. The largest absolute Gasteiger partial charge is 0.493 e. The van der Waals surface area contributed by atoms with Crippen molar-refractivity contribution in [1.82, 2.24) is 9.97 Å². The van der Waals surface area contributed by atoms with Gasteiger partial charge in [-0.1, -0.05) is 12.1 Å². The smallest absolute Gasteiger partial charge is 0.208 e. The first-order valence-corrected chi connectivity index (χ1v) is 5.23. The summed E-state index contributed by atoms with van der Waals surface area (Å²) in [5.74, 6) is 0.898. The van der Waals surface area contributed by atoms with Crippen LogP contribution in [0.2, 0.25) is 0 Å². The zero-order valence-corrected chi connectivity index (χ0v) is 9.20. The molecule has 0 aliphatic carbocycles. The predicted octanol–water partition coefficient (Wildman–Crippen LogP) is 1.79. The molecule has 0 fully saturated rings. The van der Waals surface area contributed by atoms with Crippen molar-refractivity contribution in [3.63, 3.8) is 0 Å². The Labute approximate surface area is 94.1 Å². The highest BCUT2D eigenvalue weighted by Gasteiger charge is 2.01. The van der Waals surface area contributed by atoms with Gasteiger partial charge in [0, 0.05) is 12.1 Å². The number of nitrogens with zero attached hydrogens (tertiary/aromatic N) is 1. The third-order valence-electron chi connectivity index (χ3n) is 2.61. The number of hydrogen-bond acceptors (Lipinski definition) is 3. The number of imidazole rings is 1. The van der Waals surface area contributed by atoms with Gasteiger partial charge in [-0.15, -0.1) is 0 Å². The molecule has 2 aromatic rings. The third kappa shape index (κ3) is 2.34. The number of nitrogen functional groups attached to an aromatic ring is 1. The molecule has 0 saturated heterocycles. The Hall–Kier alpha value is -1.97. The summed E-state index contributed by atoms with van der Waals surface area (Å²) in [6.07, 6.45) is 3.04. The van der Waals surface area contributed by atoms with E-state index in [4.69, 9.17) is 10.8 Å². The summed E-state index contributed by atoms with van der Waals surface area (Å²) in [6.45, 7) is 1.99. The number of benzene rings is 1. The number of anilines is 1. The van der Waals surface area contributed by atoms with E-state index in [2.05, 4.69) is 16.0 Å². The molecule has 0 radical (unpaired) electrons. The summed E-state index contributed by atoms with van der Waals surface area (Å²) in [4.78, 5) is 6.82. The number of aryl methyl sites for hydroxylation is 3. The number of hydrogen-bond donors (Lipinski definition) is 3. The van der Waals surface area contributed by atoms with Crippen molar-refractivity contribution in [1.29, 1.82) is 0 Å². The maximum atomic E-state index is 9.09. The lowest BCUT2D eigenvalue weighted by atomic mass is 10.1. The van der Waals surface area contributed by atoms with Gasteiger partial charge >= 0.3 is 0 Å². The topological polar surface area (TPSA) is 74.9 Å². The van der Waals surface area contributed by atoms with Crippen molar-refractivity contribution >= 4 is 5.69 Å². The molecule has 0 spiro atoms. The van der Waals surface area contributed by atoms with Crippen LogP contribution in [0.5, 0.6) is 5.88 Å². The minimum absolute atomic E-state index is 0.110. The number of aromatic hydroxyl groups is 1. The fourth-order valence-corrected chi connectivity index (χ4v) is 1.59. The van der Waals surface area contributed by atoms with Gasteiger partial charge in [-0.05, 0) is 30.5 Å². The van der Waals surface area contributed by atoms with Crippen molar-refractivity contribution in [2.75, 3.05) is 5.73 Å². The first-order valence-electron chi connectivity index (χ1n) is 5.23. The molecule has 4 N–H and O–H groups in total. The number of aromatic amines is 1. The van der Waals surface area contributed by atoms with Crippen molar-refractivity contribution in [2.24, 2.45) is 0 Å². The lowest BCUT2D eigenvalue weighted by molar-refractivity contribution is 0.455. The van der Waals surface area contributed by atoms with Gasteiger partial charge in [0.25, 0.3) is 0 Å². The van der Waals surface area contributed by atoms with Crippen LogP contribution < -0.4 is 5.73 Å². The zero-order chi connectivity index (χ0) is 11.5. The third-order valence-corrected chi connectivity index (χ3v) is 2.61. The summed E-state index contributed by atoms with van der Waals surface area (Å²) < 4.78 is 0. The molecule has 1 aromatic heterocycles. The minimum atomic E-state index is 0.110. The molecule has 0 bridgehead atoms. The van der Waals surface area contributed by atoms with Crippen molar-refractivity contribution in [3.05, 3.63) is 41.3 Å². The Kier molecular flexibility index (Phi) is 2.81. The summed E-state index contributed by atoms with van der Waals surface area (Å²) in [6, 6.07) is 6.07. The number of nitrogens with one attached hydrogen (secondary N) is 1. The van der Waals surface area contributed by atoms with Crippen LogP contribution in [-0.2, 0) is 12.8 Å². The van der Waals surface area contributed by atoms with Gasteiger partial charge in [-0.3, -0.25) is 0 Å². The summed E-state index contributed by atoms with van der Waals surface area (Å²) >= 11 is 0. The molecule has 0 saturated carbocycles. The molecule has 84 valence electrons. The van der Waals surface area contributed by atoms with E-state index in [1.54, 1.807) is 0 Å². The lowest BCUT2D eigenvalue weighted by Gasteiger charge is -2.03. The average molecular weight is 217 g/mol. The second-order valence-corrected chi connectivity index (χ2v) is 3.91. The van der Waals surface area contributed by atoms with Crippen molar-refractivity contribution in [3.8, 4) is 5.88 Å². The molecule has 2 rings (SSSR count). The van der Waals surface area contributed by atoms with Gasteiger partial charge in [0.1, 0.15) is 5.82 Å². The van der Waals surface area contributed by atoms with Gasteiger partial charge in [0.05, 0.1) is 6.20 Å². The molecule has 16 heavy (non-hydrogen) atoms. The number of aromatic nitrogens is 2. The Bertz CT molecular complexity index is 491. The number of rotatable bonds is 3. The highest BCUT2D eigenvalue weighted by molar-refractivity contribution is 5.48. The summed E-state index contributed by atoms with van der Waals surface area (Å²) in [7, 11) is 0. The Balaban J connectivity index is 2.02. The average Bonchev–Trinajstić information content (AvgIpc) is 2.66. The first-order chi connectivity index (χ1) is 7.65. The summed E-state index contributed by atoms with van der Waals surface area (Å²) in [5.41, 5.74) is 8.93. The highest BCUT2D eigenvalue weighted by Crippen LogP contribution is 2.14. The highest BCUT2D eigenvalue weighted by atomic mass is 16.3. The van der Waals surface area contributed by atoms with Gasteiger partial charge < -0.3 is 15.8 Å². The Morgan fingerprint density at radius 3 is 2.81 bits per heavy atom. The molecule has 0 atom stereocenters. The molecule has 0 amide bonds. The van der Waals surface area contributed by atoms with E-state index in [0.717, 1.165) is 29.9 Å². The first kappa shape index (κ1) is 10.5. The van der Waals surface area contributed by atoms with Crippen LogP contribution in [-0.4, -0.2) is 15.1 Å². The SMILES string of the molecule is Cc1ccc(CCc2ncc(O)[nH]2)cc1N. The normalized spacial score (nSPS) is 10.6. The molecular weight excluding hydrogens is 202 g/mol. The van der Waals surface area contributed by atoms with Crippen molar-refractivity contribution < 1.29 is 5.11 Å². The van der Waals surface area contributed by atoms with Crippen LogP contribution >= 0.6 is 0 Å². The van der Waals surface area contributed by atoms with E-state index in [-0.39, 0.29) is 5.88 Å². The van der Waals surface area contributed by atoms with Gasteiger partial charge in [0.2, 0.25) is 5.88 Å². The number of H-pyrrole nitrogens is 1. The van der Waals surface area contributed by atoms with E-state index in [0.29, 0.717) is 0 Å². The number of nitrogens with two attached hydrogens (primary N) is 1. The molecule has 0 unspecified atom stereocenters. The van der Waals surface area contributed by atoms with Crippen LogP contribution in [0.25, 0.3) is 0 Å². The zero-order valence-electron chi connectivity index (χ0n) is 9.20. The molecule has 1 aromatic carbocycles. The molecule has 4 nitrogen and oxygen atoms in total. The second kappa shape index (κ2) is 4.26. The predicted molar refractivity (Wildman–Crippen MR) is 63.3 cm³/mol. The quantitative estimate of drug-likeness (QED) is 0.686. The van der Waals surface area contributed by atoms with Gasteiger partial charge in [0.15, 0.2) is 0 Å². The molecule has 0 aliphatic rings. The Morgan fingerprint density at radius 2 is 2.19 bits per heavy atom. The summed E-state index contributed by atoms with van der Waals surface area (Å²) in [5, 5.41) is 9.09. The molecular formula is C12H15N3O. The van der Waals surface area contributed by atoms with Gasteiger partial charge in [-0.2, -0.15) is 0 Å². The fraction of sp³-hybridized carbons (Fsp3) is 0.250. The van der Waals surface area contributed by atoms with Crippen LogP contribution in [0.4, 0.5) is 5.69 Å². The fourth-order valence-electron chi connectivity index (χ4n) is 1.59. The van der Waals surface area contributed by atoms with Crippen LogP contribution in [0.3, 0.4) is 0 Å². The second-order valence-electron chi connectivity index (χ2n) is 3.91.